The number of hydrogen-bond donors (Lipinski definition) is 1. The van der Waals surface area contributed by atoms with E-state index in [1.807, 2.05) is 0 Å². The molecule has 1 saturated heterocycles. The van der Waals surface area contributed by atoms with Crippen LogP contribution in [0.1, 0.15) is 6.42 Å². The van der Waals surface area contributed by atoms with Gasteiger partial charge in [-0.25, -0.2) is 0 Å². The van der Waals surface area contributed by atoms with E-state index >= 15 is 0 Å². The van der Waals surface area contributed by atoms with Gasteiger partial charge in [0, 0.05) is 10.5 Å². The van der Waals surface area contributed by atoms with Gasteiger partial charge in [-0.3, -0.25) is 0 Å². The Morgan fingerprint density at radius 1 is 1.67 bits per heavy atom. The molecule has 0 aliphatic carbocycles. The Kier molecular flexibility index (Phi) is 1.71. The van der Waals surface area contributed by atoms with Gasteiger partial charge in [0.1, 0.15) is 0 Å². The standard InChI is InChI=1S/C4H8IN/c5-4-1-2-6-3-4/h4,6H,1-3H2. The van der Waals surface area contributed by atoms with Gasteiger partial charge < -0.3 is 5.32 Å². The first kappa shape index (κ1) is 4.84. The second-order valence-corrected chi connectivity index (χ2v) is 3.35. The van der Waals surface area contributed by atoms with Crippen molar-refractivity contribution in [2.75, 3.05) is 13.1 Å². The Balaban J connectivity index is 2.18. The number of nitrogens with one attached hydrogen (secondary N) is 1. The smallest absolute Gasteiger partial charge is 0.0246 e. The molecule has 36 valence electrons. The van der Waals surface area contributed by atoms with Crippen LogP contribution in [-0.4, -0.2) is 17.0 Å². The van der Waals surface area contributed by atoms with Gasteiger partial charge in [0.25, 0.3) is 0 Å². The Morgan fingerprint density at radius 3 is 2.67 bits per heavy atom. The molecule has 1 rings (SSSR count). The van der Waals surface area contributed by atoms with Crippen LogP contribution < -0.4 is 5.32 Å². The molecule has 1 aliphatic rings. The summed E-state index contributed by atoms with van der Waals surface area (Å²) >= 11 is 2.47. The molecule has 1 atom stereocenters. The fourth-order valence-electron chi connectivity index (χ4n) is 0.619. The molecule has 0 spiro atoms. The lowest BCUT2D eigenvalue weighted by Crippen LogP contribution is -2.07. The molecule has 1 aliphatic heterocycles. The van der Waals surface area contributed by atoms with E-state index in [1.165, 1.54) is 19.5 Å². The predicted molar refractivity (Wildman–Crippen MR) is 35.3 cm³/mol. The lowest BCUT2D eigenvalue weighted by atomic mass is 10.4. The molecule has 1 N–H and O–H groups in total. The van der Waals surface area contributed by atoms with Crippen molar-refractivity contribution in [1.82, 2.24) is 5.32 Å². The van der Waals surface area contributed by atoms with Crippen LogP contribution in [0.3, 0.4) is 0 Å². The molecule has 1 unspecified atom stereocenters. The van der Waals surface area contributed by atoms with E-state index in [2.05, 4.69) is 27.9 Å². The Morgan fingerprint density at radius 2 is 2.50 bits per heavy atom. The first-order chi connectivity index (χ1) is 2.89. The summed E-state index contributed by atoms with van der Waals surface area (Å²) in [4.78, 5) is 0. The highest BCUT2D eigenvalue weighted by Gasteiger charge is 2.07. The Bertz CT molecular complexity index is 40.8. The zero-order chi connectivity index (χ0) is 4.41. The molecule has 1 fully saturated rings. The number of halogens is 1. The van der Waals surface area contributed by atoms with E-state index in [0.717, 1.165) is 3.92 Å². The average Bonchev–Trinajstić information content (AvgIpc) is 1.86. The van der Waals surface area contributed by atoms with Crippen molar-refractivity contribution in [3.05, 3.63) is 0 Å². The summed E-state index contributed by atoms with van der Waals surface area (Å²) in [6.07, 6.45) is 1.36. The molecular formula is C4H8IN. The van der Waals surface area contributed by atoms with Crippen molar-refractivity contribution in [3.63, 3.8) is 0 Å². The van der Waals surface area contributed by atoms with Crippen molar-refractivity contribution in [1.29, 1.82) is 0 Å². The van der Waals surface area contributed by atoms with Gasteiger partial charge >= 0.3 is 0 Å². The number of hydrogen-bond acceptors (Lipinski definition) is 1. The fourth-order valence-corrected chi connectivity index (χ4v) is 1.24. The summed E-state index contributed by atoms with van der Waals surface area (Å²) in [6.45, 7) is 2.45. The summed E-state index contributed by atoms with van der Waals surface area (Å²) in [6, 6.07) is 0. The van der Waals surface area contributed by atoms with Crippen LogP contribution in [-0.2, 0) is 0 Å². The van der Waals surface area contributed by atoms with Crippen LogP contribution in [0.2, 0.25) is 0 Å². The van der Waals surface area contributed by atoms with Gasteiger partial charge in [-0.1, -0.05) is 22.6 Å². The molecule has 0 saturated carbocycles. The lowest BCUT2D eigenvalue weighted by molar-refractivity contribution is 0.860. The number of rotatable bonds is 0. The molecule has 0 aromatic carbocycles. The summed E-state index contributed by atoms with van der Waals surface area (Å²) in [5.74, 6) is 0. The highest BCUT2D eigenvalue weighted by Crippen LogP contribution is 2.07. The third-order valence-corrected chi connectivity index (χ3v) is 2.06. The third kappa shape index (κ3) is 1.08. The zero-order valence-electron chi connectivity index (χ0n) is 3.58. The first-order valence-corrected chi connectivity index (χ1v) is 3.49. The second kappa shape index (κ2) is 2.12. The molecular weight excluding hydrogens is 189 g/mol. The van der Waals surface area contributed by atoms with E-state index in [1.54, 1.807) is 0 Å². The monoisotopic (exact) mass is 197 g/mol. The molecule has 0 bridgehead atoms. The van der Waals surface area contributed by atoms with Crippen molar-refractivity contribution in [2.45, 2.75) is 10.3 Å². The van der Waals surface area contributed by atoms with Crippen LogP contribution in [0.4, 0.5) is 0 Å². The average molecular weight is 197 g/mol. The molecule has 0 aromatic heterocycles. The highest BCUT2D eigenvalue weighted by molar-refractivity contribution is 14.1. The van der Waals surface area contributed by atoms with Crippen molar-refractivity contribution >= 4 is 22.6 Å². The predicted octanol–water partition coefficient (Wildman–Crippen LogP) is 0.783. The van der Waals surface area contributed by atoms with Gasteiger partial charge in [-0.2, -0.15) is 0 Å². The maximum Gasteiger partial charge on any atom is 0.0246 e. The van der Waals surface area contributed by atoms with Gasteiger partial charge in [-0.15, -0.1) is 0 Å². The van der Waals surface area contributed by atoms with Gasteiger partial charge in [0.15, 0.2) is 0 Å². The summed E-state index contributed by atoms with van der Waals surface area (Å²) in [7, 11) is 0. The van der Waals surface area contributed by atoms with E-state index in [0.29, 0.717) is 0 Å². The molecule has 6 heavy (non-hydrogen) atoms. The van der Waals surface area contributed by atoms with Crippen molar-refractivity contribution in [2.24, 2.45) is 0 Å². The summed E-state index contributed by atoms with van der Waals surface area (Å²) in [5, 5.41) is 3.26. The maximum atomic E-state index is 3.26. The van der Waals surface area contributed by atoms with E-state index < -0.39 is 0 Å². The minimum absolute atomic E-state index is 0.905. The minimum atomic E-state index is 0.905. The SMILES string of the molecule is IC1CCNC1. The van der Waals surface area contributed by atoms with Crippen LogP contribution in [0, 0.1) is 0 Å². The molecule has 0 radical (unpaired) electrons. The largest absolute Gasteiger partial charge is 0.316 e. The molecule has 1 heterocycles. The molecule has 1 nitrogen and oxygen atoms in total. The normalized spacial score (nSPS) is 34.5. The Hall–Kier alpha value is 0.690. The van der Waals surface area contributed by atoms with E-state index in [-0.39, 0.29) is 0 Å². The minimum Gasteiger partial charge on any atom is -0.316 e. The third-order valence-electron chi connectivity index (χ3n) is 1.00. The molecule has 0 aromatic rings. The summed E-state index contributed by atoms with van der Waals surface area (Å²) in [5.41, 5.74) is 0. The number of alkyl halides is 1. The highest BCUT2D eigenvalue weighted by atomic mass is 127. The van der Waals surface area contributed by atoms with Crippen LogP contribution in [0.15, 0.2) is 0 Å². The molecule has 0 amide bonds. The second-order valence-electron chi connectivity index (χ2n) is 1.59. The van der Waals surface area contributed by atoms with E-state index in [4.69, 9.17) is 0 Å². The van der Waals surface area contributed by atoms with Crippen molar-refractivity contribution < 1.29 is 0 Å². The summed E-state index contributed by atoms with van der Waals surface area (Å²) < 4.78 is 0.905. The van der Waals surface area contributed by atoms with Crippen LogP contribution in [0.25, 0.3) is 0 Å². The fraction of sp³-hybridized carbons (Fsp3) is 1.00. The quantitative estimate of drug-likeness (QED) is 0.447. The first-order valence-electron chi connectivity index (χ1n) is 2.24. The Labute approximate surface area is 51.6 Å². The zero-order valence-corrected chi connectivity index (χ0v) is 5.73. The van der Waals surface area contributed by atoms with Crippen LogP contribution >= 0.6 is 22.6 Å². The maximum absolute atomic E-state index is 3.26. The van der Waals surface area contributed by atoms with Gasteiger partial charge in [0.2, 0.25) is 0 Å². The molecule has 2 heteroatoms. The van der Waals surface area contributed by atoms with E-state index in [9.17, 15) is 0 Å². The van der Waals surface area contributed by atoms with Gasteiger partial charge in [-0.05, 0) is 13.0 Å². The topological polar surface area (TPSA) is 12.0 Å². The lowest BCUT2D eigenvalue weighted by Gasteiger charge is -1.88. The van der Waals surface area contributed by atoms with Crippen molar-refractivity contribution in [3.8, 4) is 0 Å². The van der Waals surface area contributed by atoms with Gasteiger partial charge in [0.05, 0.1) is 0 Å². The van der Waals surface area contributed by atoms with Crippen LogP contribution in [0.5, 0.6) is 0 Å².